The molecule has 1 aliphatic heterocycles. The van der Waals surface area contributed by atoms with Crippen LogP contribution in [0.3, 0.4) is 0 Å². The van der Waals surface area contributed by atoms with Crippen molar-refractivity contribution in [3.05, 3.63) is 77.3 Å². The number of ether oxygens (including phenoxy) is 2. The standard InChI is InChI=1S/C24H21BrN2O4/c25-18-10-11-20-22(14-18)31-16-24(29)27(20)15-23(28)26-12-13-30-21-9-5-4-8-19(21)17-6-2-1-3-7-17/h1-11,14H,12-13,15-16H2,(H,26,28). The van der Waals surface area contributed by atoms with Crippen molar-refractivity contribution in [3.63, 3.8) is 0 Å². The summed E-state index contributed by atoms with van der Waals surface area (Å²) in [5.41, 5.74) is 2.65. The van der Waals surface area contributed by atoms with E-state index in [1.165, 1.54) is 4.90 Å². The topological polar surface area (TPSA) is 67.9 Å². The molecule has 1 aliphatic rings. The molecule has 7 heteroatoms. The van der Waals surface area contributed by atoms with Gasteiger partial charge in [0, 0.05) is 10.0 Å². The summed E-state index contributed by atoms with van der Waals surface area (Å²) in [6.45, 7) is 0.484. The summed E-state index contributed by atoms with van der Waals surface area (Å²) in [4.78, 5) is 26.1. The third kappa shape index (κ3) is 5.06. The first-order chi connectivity index (χ1) is 15.1. The van der Waals surface area contributed by atoms with Crippen molar-refractivity contribution in [2.75, 3.05) is 31.2 Å². The van der Waals surface area contributed by atoms with E-state index in [2.05, 4.69) is 21.2 Å². The van der Waals surface area contributed by atoms with Gasteiger partial charge in [0.15, 0.2) is 6.61 Å². The molecular formula is C24H21BrN2O4. The summed E-state index contributed by atoms with van der Waals surface area (Å²) in [5.74, 6) is 0.815. The van der Waals surface area contributed by atoms with Crippen LogP contribution in [-0.4, -0.2) is 38.1 Å². The second kappa shape index (κ2) is 9.66. The van der Waals surface area contributed by atoms with Crippen LogP contribution in [0.5, 0.6) is 11.5 Å². The van der Waals surface area contributed by atoms with Crippen LogP contribution >= 0.6 is 15.9 Å². The van der Waals surface area contributed by atoms with Crippen molar-refractivity contribution in [1.82, 2.24) is 5.32 Å². The number of hydrogen-bond acceptors (Lipinski definition) is 4. The highest BCUT2D eigenvalue weighted by atomic mass is 79.9. The van der Waals surface area contributed by atoms with Crippen molar-refractivity contribution in [3.8, 4) is 22.6 Å². The number of nitrogens with one attached hydrogen (secondary N) is 1. The van der Waals surface area contributed by atoms with Crippen LogP contribution in [0.1, 0.15) is 0 Å². The summed E-state index contributed by atoms with van der Waals surface area (Å²) >= 11 is 3.38. The first kappa shape index (κ1) is 20.9. The van der Waals surface area contributed by atoms with E-state index in [0.29, 0.717) is 24.6 Å². The lowest BCUT2D eigenvalue weighted by molar-refractivity contribution is -0.125. The zero-order valence-corrected chi connectivity index (χ0v) is 18.3. The van der Waals surface area contributed by atoms with Gasteiger partial charge in [-0.1, -0.05) is 64.5 Å². The maximum Gasteiger partial charge on any atom is 0.265 e. The monoisotopic (exact) mass is 480 g/mol. The molecule has 6 nitrogen and oxygen atoms in total. The molecule has 158 valence electrons. The molecule has 4 rings (SSSR count). The van der Waals surface area contributed by atoms with Crippen LogP contribution in [0.4, 0.5) is 5.69 Å². The largest absolute Gasteiger partial charge is 0.491 e. The normalized spacial score (nSPS) is 12.7. The van der Waals surface area contributed by atoms with E-state index < -0.39 is 0 Å². The number of fused-ring (bicyclic) bond motifs is 1. The maximum absolute atomic E-state index is 12.4. The fourth-order valence-corrected chi connectivity index (χ4v) is 3.69. The Kier molecular flexibility index (Phi) is 6.52. The van der Waals surface area contributed by atoms with Crippen LogP contribution < -0.4 is 19.7 Å². The van der Waals surface area contributed by atoms with Gasteiger partial charge in [-0.25, -0.2) is 0 Å². The Morgan fingerprint density at radius 1 is 1.06 bits per heavy atom. The van der Waals surface area contributed by atoms with Crippen molar-refractivity contribution < 1.29 is 19.1 Å². The molecule has 0 atom stereocenters. The molecule has 0 radical (unpaired) electrons. The molecular weight excluding hydrogens is 460 g/mol. The first-order valence-corrected chi connectivity index (χ1v) is 10.7. The number of rotatable bonds is 7. The number of nitrogens with zero attached hydrogens (tertiary/aromatic N) is 1. The van der Waals surface area contributed by atoms with Crippen molar-refractivity contribution in [2.24, 2.45) is 0 Å². The Morgan fingerprint density at radius 3 is 2.68 bits per heavy atom. The third-order valence-electron chi connectivity index (χ3n) is 4.82. The number of benzene rings is 3. The van der Waals surface area contributed by atoms with E-state index in [9.17, 15) is 9.59 Å². The van der Waals surface area contributed by atoms with E-state index >= 15 is 0 Å². The lowest BCUT2D eigenvalue weighted by Gasteiger charge is -2.29. The average Bonchev–Trinajstić information content (AvgIpc) is 2.79. The molecule has 2 amide bonds. The van der Waals surface area contributed by atoms with Gasteiger partial charge in [-0.05, 0) is 29.8 Å². The maximum atomic E-state index is 12.4. The van der Waals surface area contributed by atoms with Gasteiger partial charge in [-0.3, -0.25) is 14.5 Å². The molecule has 0 unspecified atom stereocenters. The van der Waals surface area contributed by atoms with Gasteiger partial charge in [-0.15, -0.1) is 0 Å². The van der Waals surface area contributed by atoms with Gasteiger partial charge in [-0.2, -0.15) is 0 Å². The first-order valence-electron chi connectivity index (χ1n) is 9.88. The molecule has 3 aromatic carbocycles. The zero-order chi connectivity index (χ0) is 21.6. The summed E-state index contributed by atoms with van der Waals surface area (Å²) in [5, 5.41) is 2.81. The molecule has 0 aromatic heterocycles. The molecule has 0 spiro atoms. The number of hydrogen-bond donors (Lipinski definition) is 1. The smallest absolute Gasteiger partial charge is 0.265 e. The molecule has 0 aliphatic carbocycles. The molecule has 1 N–H and O–H groups in total. The van der Waals surface area contributed by atoms with E-state index in [4.69, 9.17) is 9.47 Å². The van der Waals surface area contributed by atoms with Crippen LogP contribution in [0.15, 0.2) is 77.3 Å². The summed E-state index contributed by atoms with van der Waals surface area (Å²) in [6.07, 6.45) is 0. The number of carbonyl (C=O) groups excluding carboxylic acids is 2. The van der Waals surface area contributed by atoms with Crippen molar-refractivity contribution in [1.29, 1.82) is 0 Å². The number of para-hydroxylation sites is 1. The Balaban J connectivity index is 1.32. The number of carbonyl (C=O) groups is 2. The fraction of sp³-hybridized carbons (Fsp3) is 0.167. The highest BCUT2D eigenvalue weighted by molar-refractivity contribution is 9.10. The van der Waals surface area contributed by atoms with Gasteiger partial charge in [0.1, 0.15) is 24.7 Å². The molecule has 3 aromatic rings. The van der Waals surface area contributed by atoms with E-state index in [1.807, 2.05) is 60.7 Å². The Labute approximate surface area is 188 Å². The Hall–Kier alpha value is -3.32. The predicted octanol–water partition coefficient (Wildman–Crippen LogP) is 4.04. The molecule has 0 fully saturated rings. The van der Waals surface area contributed by atoms with Gasteiger partial charge in [0.05, 0.1) is 12.2 Å². The third-order valence-corrected chi connectivity index (χ3v) is 5.31. The Morgan fingerprint density at radius 2 is 1.84 bits per heavy atom. The molecule has 0 saturated carbocycles. The SMILES string of the molecule is O=C(CN1C(=O)COc2cc(Br)ccc21)NCCOc1ccccc1-c1ccccc1. The quantitative estimate of drug-likeness (QED) is 0.518. The highest BCUT2D eigenvalue weighted by Gasteiger charge is 2.27. The van der Waals surface area contributed by atoms with Gasteiger partial charge >= 0.3 is 0 Å². The molecule has 0 saturated heterocycles. The van der Waals surface area contributed by atoms with Gasteiger partial charge in [0.2, 0.25) is 5.91 Å². The van der Waals surface area contributed by atoms with Gasteiger partial charge in [0.25, 0.3) is 5.91 Å². The van der Waals surface area contributed by atoms with Gasteiger partial charge < -0.3 is 14.8 Å². The number of amides is 2. The fourth-order valence-electron chi connectivity index (χ4n) is 3.35. The predicted molar refractivity (Wildman–Crippen MR) is 122 cm³/mol. The van der Waals surface area contributed by atoms with Crippen LogP contribution in [0.25, 0.3) is 11.1 Å². The zero-order valence-electron chi connectivity index (χ0n) is 16.7. The second-order valence-corrected chi connectivity index (χ2v) is 7.86. The lowest BCUT2D eigenvalue weighted by atomic mass is 10.1. The summed E-state index contributed by atoms with van der Waals surface area (Å²) in [7, 11) is 0. The molecule has 31 heavy (non-hydrogen) atoms. The second-order valence-electron chi connectivity index (χ2n) is 6.94. The van der Waals surface area contributed by atoms with Crippen LogP contribution in [0.2, 0.25) is 0 Å². The van der Waals surface area contributed by atoms with E-state index in [-0.39, 0.29) is 25.0 Å². The minimum absolute atomic E-state index is 0.0720. The number of anilines is 1. The van der Waals surface area contributed by atoms with Crippen molar-refractivity contribution >= 4 is 33.4 Å². The van der Waals surface area contributed by atoms with Crippen LogP contribution in [-0.2, 0) is 9.59 Å². The minimum Gasteiger partial charge on any atom is -0.491 e. The Bertz CT molecular complexity index is 1090. The van der Waals surface area contributed by atoms with E-state index in [0.717, 1.165) is 21.3 Å². The molecule has 0 bridgehead atoms. The molecule has 1 heterocycles. The minimum atomic E-state index is -0.260. The summed E-state index contributed by atoms with van der Waals surface area (Å²) in [6, 6.07) is 23.1. The van der Waals surface area contributed by atoms with Crippen LogP contribution in [0, 0.1) is 0 Å². The van der Waals surface area contributed by atoms with E-state index in [1.54, 1.807) is 12.1 Å². The van der Waals surface area contributed by atoms with Crippen molar-refractivity contribution in [2.45, 2.75) is 0 Å². The summed E-state index contributed by atoms with van der Waals surface area (Å²) < 4.78 is 12.2. The highest BCUT2D eigenvalue weighted by Crippen LogP contribution is 2.34. The average molecular weight is 481 g/mol. The number of halogens is 1. The lowest BCUT2D eigenvalue weighted by Crippen LogP contribution is -2.45.